The largest absolute Gasteiger partial charge is 0.368 e. The van der Waals surface area contributed by atoms with Crippen LogP contribution in [0.4, 0.5) is 5.69 Å². The fraction of sp³-hybridized carbons (Fsp3) is 0.647. The minimum absolute atomic E-state index is 0.396. The van der Waals surface area contributed by atoms with Gasteiger partial charge >= 0.3 is 0 Å². The molecule has 1 saturated heterocycles. The van der Waals surface area contributed by atoms with Crippen LogP contribution in [0.5, 0.6) is 0 Å². The van der Waals surface area contributed by atoms with Gasteiger partial charge in [0, 0.05) is 45.1 Å². The fourth-order valence-corrected chi connectivity index (χ4v) is 3.76. The van der Waals surface area contributed by atoms with Gasteiger partial charge in [-0.1, -0.05) is 19.3 Å². The lowest BCUT2D eigenvalue weighted by Gasteiger charge is -2.38. The van der Waals surface area contributed by atoms with Gasteiger partial charge in [-0.3, -0.25) is 14.7 Å². The summed E-state index contributed by atoms with van der Waals surface area (Å²) in [7, 11) is 0. The lowest BCUT2D eigenvalue weighted by atomic mass is 9.89. The first-order chi connectivity index (χ1) is 10.7. The molecule has 1 aliphatic carbocycles. The van der Waals surface area contributed by atoms with Crippen molar-refractivity contribution in [2.45, 2.75) is 32.1 Å². The smallest absolute Gasteiger partial charge is 0.252 e. The summed E-state index contributed by atoms with van der Waals surface area (Å²) >= 11 is 0. The minimum atomic E-state index is -0.396. The van der Waals surface area contributed by atoms with E-state index in [0.717, 1.165) is 37.8 Å². The second kappa shape index (κ2) is 7.09. The molecule has 2 aliphatic rings. The second-order valence-corrected chi connectivity index (χ2v) is 6.55. The van der Waals surface area contributed by atoms with Gasteiger partial charge in [0.15, 0.2) is 0 Å². The lowest BCUT2D eigenvalue weighted by Crippen LogP contribution is -2.48. The summed E-state index contributed by atoms with van der Waals surface area (Å²) in [4.78, 5) is 20.4. The third kappa shape index (κ3) is 3.58. The predicted molar refractivity (Wildman–Crippen MR) is 88.0 cm³/mol. The zero-order chi connectivity index (χ0) is 15.4. The van der Waals surface area contributed by atoms with Crippen molar-refractivity contribution in [1.82, 2.24) is 9.88 Å². The van der Waals surface area contributed by atoms with E-state index in [0.29, 0.717) is 5.56 Å². The fourth-order valence-electron chi connectivity index (χ4n) is 3.76. The van der Waals surface area contributed by atoms with E-state index in [9.17, 15) is 4.79 Å². The Balaban J connectivity index is 1.56. The van der Waals surface area contributed by atoms with Crippen LogP contribution in [0.25, 0.3) is 0 Å². The molecule has 1 saturated carbocycles. The van der Waals surface area contributed by atoms with E-state index in [1.54, 1.807) is 12.4 Å². The third-order valence-electron chi connectivity index (χ3n) is 5.02. The molecule has 5 nitrogen and oxygen atoms in total. The number of primary amides is 1. The molecule has 1 aliphatic heterocycles. The molecule has 0 unspecified atom stereocenters. The van der Waals surface area contributed by atoms with Gasteiger partial charge < -0.3 is 10.6 Å². The number of carbonyl (C=O) groups is 1. The zero-order valence-electron chi connectivity index (χ0n) is 13.2. The van der Waals surface area contributed by atoms with Crippen molar-refractivity contribution >= 4 is 11.6 Å². The Labute approximate surface area is 132 Å². The maximum Gasteiger partial charge on any atom is 0.252 e. The molecule has 1 aromatic rings. The zero-order valence-corrected chi connectivity index (χ0v) is 13.2. The van der Waals surface area contributed by atoms with E-state index in [1.807, 2.05) is 6.07 Å². The van der Waals surface area contributed by atoms with Gasteiger partial charge in [0.25, 0.3) is 5.91 Å². The maximum absolute atomic E-state index is 11.5. The minimum Gasteiger partial charge on any atom is -0.368 e. The van der Waals surface area contributed by atoms with Crippen molar-refractivity contribution in [3.05, 3.63) is 24.0 Å². The summed E-state index contributed by atoms with van der Waals surface area (Å²) < 4.78 is 0. The number of carbonyl (C=O) groups excluding carboxylic acids is 1. The summed E-state index contributed by atoms with van der Waals surface area (Å²) in [5, 5.41) is 0. The highest BCUT2D eigenvalue weighted by atomic mass is 16.1. The van der Waals surface area contributed by atoms with Gasteiger partial charge in [0.1, 0.15) is 0 Å². The Kier molecular flexibility index (Phi) is 4.93. The SMILES string of the molecule is NC(=O)c1cnccc1N1CCN(CC2CCCCC2)CC1. The molecule has 1 amide bonds. The first kappa shape index (κ1) is 15.3. The number of nitrogens with two attached hydrogens (primary N) is 1. The molecule has 0 aromatic carbocycles. The topological polar surface area (TPSA) is 62.5 Å². The highest BCUT2D eigenvalue weighted by Gasteiger charge is 2.23. The molecule has 120 valence electrons. The third-order valence-corrected chi connectivity index (χ3v) is 5.02. The number of rotatable bonds is 4. The van der Waals surface area contributed by atoms with Gasteiger partial charge in [-0.15, -0.1) is 0 Å². The van der Waals surface area contributed by atoms with Crippen molar-refractivity contribution in [3.63, 3.8) is 0 Å². The highest BCUT2D eigenvalue weighted by Crippen LogP contribution is 2.26. The van der Waals surface area contributed by atoms with Crippen LogP contribution in [0.15, 0.2) is 18.5 Å². The summed E-state index contributed by atoms with van der Waals surface area (Å²) in [6, 6.07) is 1.90. The Morgan fingerprint density at radius 1 is 1.18 bits per heavy atom. The molecule has 2 N–H and O–H groups in total. The van der Waals surface area contributed by atoms with Crippen LogP contribution in [0.1, 0.15) is 42.5 Å². The molecule has 0 atom stereocenters. The molecule has 2 fully saturated rings. The van der Waals surface area contributed by atoms with E-state index in [-0.39, 0.29) is 0 Å². The summed E-state index contributed by atoms with van der Waals surface area (Å²) in [5.41, 5.74) is 6.92. The molecule has 3 rings (SSSR count). The van der Waals surface area contributed by atoms with Gasteiger partial charge in [-0.2, -0.15) is 0 Å². The van der Waals surface area contributed by atoms with Crippen molar-refractivity contribution < 1.29 is 4.79 Å². The number of hydrogen-bond donors (Lipinski definition) is 1. The summed E-state index contributed by atoms with van der Waals surface area (Å²) in [6.45, 7) is 5.29. The molecule has 0 radical (unpaired) electrons. The second-order valence-electron chi connectivity index (χ2n) is 6.55. The Hall–Kier alpha value is -1.62. The molecule has 1 aromatic heterocycles. The van der Waals surface area contributed by atoms with Crippen LogP contribution >= 0.6 is 0 Å². The van der Waals surface area contributed by atoms with Gasteiger partial charge in [0.05, 0.1) is 11.3 Å². The quantitative estimate of drug-likeness (QED) is 0.922. The number of hydrogen-bond acceptors (Lipinski definition) is 4. The number of piperazine rings is 1. The van der Waals surface area contributed by atoms with Crippen molar-refractivity contribution in [2.24, 2.45) is 11.7 Å². The van der Waals surface area contributed by atoms with E-state index in [2.05, 4.69) is 14.8 Å². The number of amides is 1. The first-order valence-electron chi connectivity index (χ1n) is 8.45. The van der Waals surface area contributed by atoms with Crippen LogP contribution in [0.2, 0.25) is 0 Å². The van der Waals surface area contributed by atoms with Gasteiger partial charge in [-0.25, -0.2) is 0 Å². The number of anilines is 1. The Morgan fingerprint density at radius 2 is 1.91 bits per heavy atom. The van der Waals surface area contributed by atoms with E-state index in [4.69, 9.17) is 5.73 Å². The predicted octanol–water partition coefficient (Wildman–Crippen LogP) is 1.88. The average Bonchev–Trinajstić information content (AvgIpc) is 2.56. The molecule has 2 heterocycles. The first-order valence-corrected chi connectivity index (χ1v) is 8.45. The van der Waals surface area contributed by atoms with Gasteiger partial charge in [-0.05, 0) is 24.8 Å². The molecule has 5 heteroatoms. The summed E-state index contributed by atoms with van der Waals surface area (Å²) in [6.07, 6.45) is 10.3. The highest BCUT2D eigenvalue weighted by molar-refractivity contribution is 5.98. The van der Waals surface area contributed by atoms with Crippen LogP contribution < -0.4 is 10.6 Å². The van der Waals surface area contributed by atoms with E-state index < -0.39 is 5.91 Å². The molecular weight excluding hydrogens is 276 g/mol. The van der Waals surface area contributed by atoms with E-state index in [1.165, 1.54) is 38.6 Å². The van der Waals surface area contributed by atoms with Crippen LogP contribution in [0, 0.1) is 5.92 Å². The van der Waals surface area contributed by atoms with Crippen LogP contribution in [-0.4, -0.2) is 48.5 Å². The molecule has 22 heavy (non-hydrogen) atoms. The van der Waals surface area contributed by atoms with E-state index >= 15 is 0 Å². The normalized spacial score (nSPS) is 21.0. The number of nitrogens with zero attached hydrogens (tertiary/aromatic N) is 3. The Bertz CT molecular complexity index is 505. The molecule has 0 bridgehead atoms. The van der Waals surface area contributed by atoms with Crippen molar-refractivity contribution in [2.75, 3.05) is 37.6 Å². The number of aromatic nitrogens is 1. The van der Waals surface area contributed by atoms with Crippen LogP contribution in [-0.2, 0) is 0 Å². The van der Waals surface area contributed by atoms with Gasteiger partial charge in [0.2, 0.25) is 0 Å². The maximum atomic E-state index is 11.5. The average molecular weight is 302 g/mol. The molecular formula is C17H26N4O. The Morgan fingerprint density at radius 3 is 2.59 bits per heavy atom. The standard InChI is InChI=1S/C17H26N4O/c18-17(22)15-12-19-7-6-16(15)21-10-8-20(9-11-21)13-14-4-2-1-3-5-14/h6-7,12,14H,1-5,8-11,13H2,(H2,18,22). The number of pyridine rings is 1. The van der Waals surface area contributed by atoms with Crippen LogP contribution in [0.3, 0.4) is 0 Å². The molecule has 0 spiro atoms. The van der Waals surface area contributed by atoms with Crippen molar-refractivity contribution in [3.8, 4) is 0 Å². The van der Waals surface area contributed by atoms with Crippen molar-refractivity contribution in [1.29, 1.82) is 0 Å². The lowest BCUT2D eigenvalue weighted by molar-refractivity contribution is 0.1000. The monoisotopic (exact) mass is 302 g/mol. The summed E-state index contributed by atoms with van der Waals surface area (Å²) in [5.74, 6) is 0.496.